The van der Waals surface area contributed by atoms with E-state index >= 15 is 0 Å². The monoisotopic (exact) mass is 366 g/mol. The van der Waals surface area contributed by atoms with Crippen molar-refractivity contribution < 1.29 is 9.53 Å². The molecule has 1 aromatic carbocycles. The zero-order valence-electron chi connectivity index (χ0n) is 15.6. The van der Waals surface area contributed by atoms with Gasteiger partial charge in [0.25, 0.3) is 0 Å². The summed E-state index contributed by atoms with van der Waals surface area (Å²) in [5, 5.41) is 0. The Balaban J connectivity index is 1.24. The highest BCUT2D eigenvalue weighted by Gasteiger charge is 2.19. The third-order valence-corrected chi connectivity index (χ3v) is 5.47. The number of fused-ring (bicyclic) bond motifs is 1. The van der Waals surface area contributed by atoms with Crippen molar-refractivity contribution in [1.29, 1.82) is 0 Å². The summed E-state index contributed by atoms with van der Waals surface area (Å²) in [6, 6.07) is 9.94. The first-order valence-electron chi connectivity index (χ1n) is 9.67. The van der Waals surface area contributed by atoms with E-state index in [-0.39, 0.29) is 0 Å². The lowest BCUT2D eigenvalue weighted by atomic mass is 10.1. The maximum atomic E-state index is 11.3. The highest BCUT2D eigenvalue weighted by molar-refractivity contribution is 5.93. The fourth-order valence-corrected chi connectivity index (χ4v) is 3.88. The first-order chi connectivity index (χ1) is 13.2. The summed E-state index contributed by atoms with van der Waals surface area (Å²) in [6.07, 6.45) is 5.29. The van der Waals surface area contributed by atoms with Crippen molar-refractivity contribution in [2.45, 2.75) is 19.3 Å². The van der Waals surface area contributed by atoms with Gasteiger partial charge >= 0.3 is 0 Å². The van der Waals surface area contributed by atoms with Gasteiger partial charge < -0.3 is 15.4 Å². The molecule has 2 aliphatic rings. The minimum atomic E-state index is -0.416. The number of nitrogens with zero attached hydrogens (tertiary/aromatic N) is 3. The molecule has 2 aromatic rings. The normalized spacial score (nSPS) is 17.0. The fraction of sp³-hybridized carbons (Fsp3) is 0.429. The molecule has 27 heavy (non-hydrogen) atoms. The molecule has 0 saturated carbocycles. The fourth-order valence-electron chi connectivity index (χ4n) is 3.88. The average Bonchev–Trinajstić information content (AvgIpc) is 3.16. The van der Waals surface area contributed by atoms with Crippen molar-refractivity contribution in [3.63, 3.8) is 0 Å². The summed E-state index contributed by atoms with van der Waals surface area (Å²) in [6.45, 7) is 5.29. The third-order valence-electron chi connectivity index (χ3n) is 5.47. The number of aryl methyl sites for hydroxylation is 2. The van der Waals surface area contributed by atoms with Crippen LogP contribution in [-0.4, -0.2) is 55.1 Å². The van der Waals surface area contributed by atoms with E-state index in [1.807, 2.05) is 0 Å². The van der Waals surface area contributed by atoms with Gasteiger partial charge in [0, 0.05) is 44.5 Å². The van der Waals surface area contributed by atoms with E-state index in [0.717, 1.165) is 44.3 Å². The van der Waals surface area contributed by atoms with Crippen molar-refractivity contribution in [2.75, 3.05) is 44.2 Å². The number of nitrogens with two attached hydrogens (primary N) is 1. The molecule has 0 unspecified atom stereocenters. The largest absolute Gasteiger partial charge is 0.492 e. The lowest BCUT2D eigenvalue weighted by molar-refractivity contribution is 0.1000. The van der Waals surface area contributed by atoms with E-state index in [1.165, 1.54) is 30.4 Å². The Kier molecular flexibility index (Phi) is 5.25. The van der Waals surface area contributed by atoms with Crippen LogP contribution in [0.2, 0.25) is 0 Å². The van der Waals surface area contributed by atoms with Crippen LogP contribution < -0.4 is 15.4 Å². The number of aromatic nitrogens is 1. The second-order valence-corrected chi connectivity index (χ2v) is 7.23. The standard InChI is InChI=1S/C21H26N4O2/c22-21(26)18-6-7-23-20(15-18)25-10-8-24(9-11-25)12-13-27-19-5-4-16-2-1-3-17(16)14-19/h4-7,14-15H,1-3,8-13H2,(H2,22,26). The third kappa shape index (κ3) is 4.22. The van der Waals surface area contributed by atoms with Gasteiger partial charge in [-0.05, 0) is 54.7 Å². The highest BCUT2D eigenvalue weighted by Crippen LogP contribution is 2.26. The minimum absolute atomic E-state index is 0.416. The molecule has 2 N–H and O–H groups in total. The molecule has 6 heteroatoms. The number of piperazine rings is 1. The number of hydrogen-bond acceptors (Lipinski definition) is 5. The van der Waals surface area contributed by atoms with Crippen molar-refractivity contribution in [1.82, 2.24) is 9.88 Å². The van der Waals surface area contributed by atoms with Crippen molar-refractivity contribution >= 4 is 11.7 Å². The van der Waals surface area contributed by atoms with Gasteiger partial charge in [-0.2, -0.15) is 0 Å². The Morgan fingerprint density at radius 1 is 1.07 bits per heavy atom. The molecule has 0 spiro atoms. The van der Waals surface area contributed by atoms with Crippen molar-refractivity contribution in [2.24, 2.45) is 5.73 Å². The second kappa shape index (κ2) is 7.96. The maximum absolute atomic E-state index is 11.3. The molecule has 6 nitrogen and oxygen atoms in total. The SMILES string of the molecule is NC(=O)c1ccnc(N2CCN(CCOc3ccc4c(c3)CCC4)CC2)c1. The van der Waals surface area contributed by atoms with E-state index < -0.39 is 5.91 Å². The molecule has 0 atom stereocenters. The smallest absolute Gasteiger partial charge is 0.248 e. The predicted molar refractivity (Wildman–Crippen MR) is 105 cm³/mol. The molecule has 2 heterocycles. The first kappa shape index (κ1) is 17.8. The number of ether oxygens (including phenoxy) is 1. The van der Waals surface area contributed by atoms with Gasteiger partial charge in [-0.15, -0.1) is 0 Å². The summed E-state index contributed by atoms with van der Waals surface area (Å²) in [5.41, 5.74) is 8.79. The molecule has 1 amide bonds. The van der Waals surface area contributed by atoms with Crippen LogP contribution >= 0.6 is 0 Å². The molecular formula is C21H26N4O2. The highest BCUT2D eigenvalue weighted by atomic mass is 16.5. The molecule has 1 fully saturated rings. The lowest BCUT2D eigenvalue weighted by Gasteiger charge is -2.35. The Bertz CT molecular complexity index is 816. The summed E-state index contributed by atoms with van der Waals surface area (Å²) in [7, 11) is 0. The molecule has 0 radical (unpaired) electrons. The van der Waals surface area contributed by atoms with E-state index in [4.69, 9.17) is 10.5 Å². The van der Waals surface area contributed by atoms with E-state index in [1.54, 1.807) is 18.3 Å². The van der Waals surface area contributed by atoms with Gasteiger partial charge in [0.05, 0.1) is 0 Å². The Labute approximate surface area is 159 Å². The van der Waals surface area contributed by atoms with E-state index in [0.29, 0.717) is 12.2 Å². The van der Waals surface area contributed by atoms with E-state index in [9.17, 15) is 4.79 Å². The van der Waals surface area contributed by atoms with Crippen molar-refractivity contribution in [3.8, 4) is 5.75 Å². The number of benzene rings is 1. The Morgan fingerprint density at radius 2 is 1.89 bits per heavy atom. The van der Waals surface area contributed by atoms with Gasteiger partial charge in [-0.3, -0.25) is 9.69 Å². The number of pyridine rings is 1. The van der Waals surface area contributed by atoms with Crippen LogP contribution in [0.4, 0.5) is 5.82 Å². The summed E-state index contributed by atoms with van der Waals surface area (Å²) < 4.78 is 5.97. The number of hydrogen-bond donors (Lipinski definition) is 1. The van der Waals surface area contributed by atoms with Crippen LogP contribution in [-0.2, 0) is 12.8 Å². The first-order valence-corrected chi connectivity index (χ1v) is 9.67. The lowest BCUT2D eigenvalue weighted by Crippen LogP contribution is -2.47. The number of carbonyl (C=O) groups excluding carboxylic acids is 1. The van der Waals surface area contributed by atoms with Gasteiger partial charge in [0.2, 0.25) is 5.91 Å². The maximum Gasteiger partial charge on any atom is 0.248 e. The van der Waals surface area contributed by atoms with E-state index in [2.05, 4.69) is 33.0 Å². The number of amides is 1. The molecule has 1 aliphatic carbocycles. The number of anilines is 1. The summed E-state index contributed by atoms with van der Waals surface area (Å²) >= 11 is 0. The second-order valence-electron chi connectivity index (χ2n) is 7.23. The molecule has 142 valence electrons. The molecule has 4 rings (SSSR count). The van der Waals surface area contributed by atoms with Crippen LogP contribution in [0.3, 0.4) is 0 Å². The molecule has 1 aromatic heterocycles. The molecular weight excluding hydrogens is 340 g/mol. The Morgan fingerprint density at radius 3 is 2.70 bits per heavy atom. The predicted octanol–water partition coefficient (Wildman–Crippen LogP) is 1.87. The quantitative estimate of drug-likeness (QED) is 0.845. The van der Waals surface area contributed by atoms with Gasteiger partial charge in [-0.1, -0.05) is 6.07 Å². The summed E-state index contributed by atoms with van der Waals surface area (Å²) in [5.74, 6) is 1.39. The Hall–Kier alpha value is -2.60. The number of carbonyl (C=O) groups is 1. The van der Waals surface area contributed by atoms with Gasteiger partial charge in [-0.25, -0.2) is 4.98 Å². The zero-order valence-corrected chi connectivity index (χ0v) is 15.6. The van der Waals surface area contributed by atoms with Gasteiger partial charge in [0.1, 0.15) is 18.2 Å². The molecule has 1 aliphatic heterocycles. The number of rotatable bonds is 6. The van der Waals surface area contributed by atoms with Crippen LogP contribution in [0.15, 0.2) is 36.5 Å². The van der Waals surface area contributed by atoms with Crippen molar-refractivity contribution in [3.05, 3.63) is 53.2 Å². The molecule has 0 bridgehead atoms. The summed E-state index contributed by atoms with van der Waals surface area (Å²) in [4.78, 5) is 20.3. The van der Waals surface area contributed by atoms with Crippen LogP contribution in [0.5, 0.6) is 5.75 Å². The van der Waals surface area contributed by atoms with Crippen LogP contribution in [0, 0.1) is 0 Å². The average molecular weight is 366 g/mol. The number of primary amides is 1. The van der Waals surface area contributed by atoms with Gasteiger partial charge in [0.15, 0.2) is 0 Å². The minimum Gasteiger partial charge on any atom is -0.492 e. The molecule has 1 saturated heterocycles. The van der Waals surface area contributed by atoms with Crippen LogP contribution in [0.1, 0.15) is 27.9 Å². The van der Waals surface area contributed by atoms with Crippen LogP contribution in [0.25, 0.3) is 0 Å². The zero-order chi connectivity index (χ0) is 18.6. The topological polar surface area (TPSA) is 71.7 Å².